The number of rotatable bonds is 8. The van der Waals surface area contributed by atoms with E-state index in [1.807, 2.05) is 0 Å². The average Bonchev–Trinajstić information content (AvgIpc) is 2.46. The van der Waals surface area contributed by atoms with Crippen LogP contribution in [0.5, 0.6) is 0 Å². The second kappa shape index (κ2) is 9.73. The molecule has 0 bridgehead atoms. The summed E-state index contributed by atoms with van der Waals surface area (Å²) in [6, 6.07) is 0. The molecule has 0 radical (unpaired) electrons. The number of esters is 4. The summed E-state index contributed by atoms with van der Waals surface area (Å²) in [7, 11) is 2.12. The lowest BCUT2D eigenvalue weighted by Crippen LogP contribution is -2.39. The molecule has 0 aliphatic heterocycles. The van der Waals surface area contributed by atoms with Crippen LogP contribution in [0.3, 0.4) is 0 Å². The summed E-state index contributed by atoms with van der Waals surface area (Å²) in [5.41, 5.74) is 0. The topological polar surface area (TPSA) is 105 Å². The summed E-state index contributed by atoms with van der Waals surface area (Å²) in [5, 5.41) is 0. The first-order valence-corrected chi connectivity index (χ1v) is 6.40. The van der Waals surface area contributed by atoms with Gasteiger partial charge in [-0.15, -0.1) is 0 Å². The minimum absolute atomic E-state index is 0.0349. The molecule has 0 saturated carbocycles. The molecule has 0 aliphatic carbocycles. The van der Waals surface area contributed by atoms with E-state index in [0.717, 1.165) is 14.2 Å². The Labute approximate surface area is 122 Å². The Morgan fingerprint density at radius 2 is 1.29 bits per heavy atom. The first kappa shape index (κ1) is 18.9. The Balaban J connectivity index is 5.37. The average molecular weight is 304 g/mol. The molecule has 0 fully saturated rings. The van der Waals surface area contributed by atoms with Gasteiger partial charge in [0.1, 0.15) is 0 Å². The van der Waals surface area contributed by atoms with Crippen molar-refractivity contribution in [2.24, 2.45) is 11.8 Å². The van der Waals surface area contributed by atoms with Crippen LogP contribution in [0.4, 0.5) is 0 Å². The molecule has 21 heavy (non-hydrogen) atoms. The number of hydrogen-bond acceptors (Lipinski definition) is 8. The molecule has 0 saturated heterocycles. The van der Waals surface area contributed by atoms with Crippen molar-refractivity contribution in [3.05, 3.63) is 0 Å². The van der Waals surface area contributed by atoms with E-state index in [0.29, 0.717) is 0 Å². The minimum Gasteiger partial charge on any atom is -0.468 e. The van der Waals surface area contributed by atoms with Gasteiger partial charge >= 0.3 is 23.9 Å². The maximum Gasteiger partial charge on any atom is 0.320 e. The van der Waals surface area contributed by atoms with Crippen LogP contribution >= 0.6 is 0 Å². The SMILES string of the molecule is CCOC(=O)CC(C(=O)OCC)C(C(=O)OC)C(=O)OC. The molecule has 8 heteroatoms. The first-order valence-electron chi connectivity index (χ1n) is 6.40. The third kappa shape index (κ3) is 5.80. The van der Waals surface area contributed by atoms with E-state index in [2.05, 4.69) is 9.47 Å². The van der Waals surface area contributed by atoms with Crippen LogP contribution in [-0.4, -0.2) is 51.3 Å². The summed E-state index contributed by atoms with van der Waals surface area (Å²) in [6.45, 7) is 3.29. The van der Waals surface area contributed by atoms with Crippen molar-refractivity contribution in [3.8, 4) is 0 Å². The van der Waals surface area contributed by atoms with Crippen LogP contribution in [0.2, 0.25) is 0 Å². The minimum atomic E-state index is -1.58. The number of methoxy groups -OCH3 is 2. The molecule has 0 aliphatic rings. The van der Waals surface area contributed by atoms with Gasteiger partial charge in [-0.25, -0.2) is 0 Å². The quantitative estimate of drug-likeness (QED) is 0.353. The highest BCUT2D eigenvalue weighted by Crippen LogP contribution is 2.22. The van der Waals surface area contributed by atoms with Gasteiger partial charge in [0, 0.05) is 0 Å². The molecule has 0 heterocycles. The monoisotopic (exact) mass is 304 g/mol. The molecular formula is C13H20O8. The van der Waals surface area contributed by atoms with Gasteiger partial charge in [0.2, 0.25) is 0 Å². The van der Waals surface area contributed by atoms with E-state index in [-0.39, 0.29) is 13.2 Å². The second-order valence-electron chi connectivity index (χ2n) is 3.89. The molecule has 0 aromatic rings. The highest BCUT2D eigenvalue weighted by atomic mass is 16.6. The van der Waals surface area contributed by atoms with Gasteiger partial charge in [0.25, 0.3) is 0 Å². The summed E-state index contributed by atoms with van der Waals surface area (Å²) in [6.07, 6.45) is -0.485. The number of carbonyl (C=O) groups excluding carboxylic acids is 4. The van der Waals surface area contributed by atoms with Crippen molar-refractivity contribution in [1.82, 2.24) is 0 Å². The number of carbonyl (C=O) groups is 4. The third-order valence-corrected chi connectivity index (χ3v) is 2.59. The van der Waals surface area contributed by atoms with Gasteiger partial charge in [0.15, 0.2) is 5.92 Å². The first-order chi connectivity index (χ1) is 9.92. The Morgan fingerprint density at radius 3 is 1.67 bits per heavy atom. The van der Waals surface area contributed by atoms with E-state index < -0.39 is 42.1 Å². The van der Waals surface area contributed by atoms with E-state index >= 15 is 0 Å². The van der Waals surface area contributed by atoms with Crippen molar-refractivity contribution in [2.75, 3.05) is 27.4 Å². The highest BCUT2D eigenvalue weighted by molar-refractivity contribution is 6.00. The normalized spacial score (nSPS) is 11.5. The van der Waals surface area contributed by atoms with Gasteiger partial charge in [-0.3, -0.25) is 19.2 Å². The lowest BCUT2D eigenvalue weighted by Gasteiger charge is -2.21. The molecule has 0 N–H and O–H groups in total. The van der Waals surface area contributed by atoms with Crippen LogP contribution in [0.1, 0.15) is 20.3 Å². The third-order valence-electron chi connectivity index (χ3n) is 2.59. The Hall–Kier alpha value is -2.12. The predicted octanol–water partition coefficient (Wildman–Crippen LogP) is 0.0811. The van der Waals surface area contributed by atoms with E-state index in [1.165, 1.54) is 0 Å². The smallest absolute Gasteiger partial charge is 0.320 e. The second-order valence-corrected chi connectivity index (χ2v) is 3.89. The zero-order valence-electron chi connectivity index (χ0n) is 12.5. The molecular weight excluding hydrogens is 284 g/mol. The van der Waals surface area contributed by atoms with E-state index in [9.17, 15) is 19.2 Å². The maximum atomic E-state index is 11.9. The highest BCUT2D eigenvalue weighted by Gasteiger charge is 2.43. The molecule has 1 unspecified atom stereocenters. The predicted molar refractivity (Wildman–Crippen MR) is 68.9 cm³/mol. The number of ether oxygens (including phenoxy) is 4. The van der Waals surface area contributed by atoms with Crippen LogP contribution < -0.4 is 0 Å². The van der Waals surface area contributed by atoms with Crippen molar-refractivity contribution in [3.63, 3.8) is 0 Å². The molecule has 0 amide bonds. The lowest BCUT2D eigenvalue weighted by atomic mass is 9.89. The van der Waals surface area contributed by atoms with Crippen molar-refractivity contribution in [1.29, 1.82) is 0 Å². The molecule has 0 rings (SSSR count). The van der Waals surface area contributed by atoms with Crippen molar-refractivity contribution < 1.29 is 38.1 Å². The molecule has 8 nitrogen and oxygen atoms in total. The summed E-state index contributed by atoms with van der Waals surface area (Å²) < 4.78 is 18.5. The summed E-state index contributed by atoms with van der Waals surface area (Å²) >= 11 is 0. The van der Waals surface area contributed by atoms with Crippen LogP contribution in [0.25, 0.3) is 0 Å². The largest absolute Gasteiger partial charge is 0.468 e. The van der Waals surface area contributed by atoms with Crippen LogP contribution in [0, 0.1) is 11.8 Å². The number of hydrogen-bond donors (Lipinski definition) is 0. The Bertz CT molecular complexity index is 374. The van der Waals surface area contributed by atoms with Crippen molar-refractivity contribution in [2.45, 2.75) is 20.3 Å². The zero-order valence-corrected chi connectivity index (χ0v) is 12.5. The van der Waals surface area contributed by atoms with Gasteiger partial charge in [-0.2, -0.15) is 0 Å². The van der Waals surface area contributed by atoms with E-state index in [1.54, 1.807) is 13.8 Å². The van der Waals surface area contributed by atoms with Gasteiger partial charge in [0.05, 0.1) is 39.8 Å². The van der Waals surface area contributed by atoms with Crippen molar-refractivity contribution >= 4 is 23.9 Å². The fraction of sp³-hybridized carbons (Fsp3) is 0.692. The zero-order chi connectivity index (χ0) is 16.4. The molecule has 1 atom stereocenters. The molecule has 120 valence electrons. The van der Waals surface area contributed by atoms with E-state index in [4.69, 9.17) is 9.47 Å². The molecule has 0 aromatic heterocycles. The van der Waals surface area contributed by atoms with Crippen LogP contribution in [-0.2, 0) is 38.1 Å². The molecule has 0 aromatic carbocycles. The van der Waals surface area contributed by atoms with Gasteiger partial charge in [-0.1, -0.05) is 0 Å². The fourth-order valence-corrected chi connectivity index (χ4v) is 1.66. The van der Waals surface area contributed by atoms with Gasteiger partial charge in [-0.05, 0) is 13.8 Å². The lowest BCUT2D eigenvalue weighted by molar-refractivity contribution is -0.171. The maximum absolute atomic E-state index is 11.9. The summed E-state index contributed by atoms with van der Waals surface area (Å²) in [4.78, 5) is 46.9. The summed E-state index contributed by atoms with van der Waals surface area (Å²) in [5.74, 6) is -6.50. The fourth-order valence-electron chi connectivity index (χ4n) is 1.66. The standard InChI is InChI=1S/C13H20O8/c1-5-20-9(14)7-8(11(15)21-6-2)10(12(16)18-3)13(17)19-4/h8,10H,5-7H2,1-4H3. The van der Waals surface area contributed by atoms with Crippen LogP contribution in [0.15, 0.2) is 0 Å². The molecule has 0 spiro atoms. The van der Waals surface area contributed by atoms with Gasteiger partial charge < -0.3 is 18.9 Å². The Kier molecular flexibility index (Phi) is 8.75. The Morgan fingerprint density at radius 1 is 0.810 bits per heavy atom.